The molecule has 0 bridgehead atoms. The van der Waals surface area contributed by atoms with Crippen LogP contribution in [0.15, 0.2) is 24.3 Å². The van der Waals surface area contributed by atoms with Gasteiger partial charge in [-0.25, -0.2) is 4.79 Å². The maximum Gasteiger partial charge on any atom is 0.321 e. The lowest BCUT2D eigenvalue weighted by Crippen LogP contribution is -2.50. The molecule has 3 amide bonds. The van der Waals surface area contributed by atoms with E-state index in [4.69, 9.17) is 5.73 Å². The van der Waals surface area contributed by atoms with E-state index in [1.165, 1.54) is 0 Å². The van der Waals surface area contributed by atoms with Gasteiger partial charge in [-0.1, -0.05) is 26.0 Å². The van der Waals surface area contributed by atoms with E-state index in [0.29, 0.717) is 25.6 Å². The van der Waals surface area contributed by atoms with Crippen LogP contribution in [-0.4, -0.2) is 42.5 Å². The summed E-state index contributed by atoms with van der Waals surface area (Å²) in [6.07, 6.45) is 2.50. The van der Waals surface area contributed by atoms with Crippen molar-refractivity contribution in [1.29, 1.82) is 0 Å². The third kappa shape index (κ3) is 6.02. The standard InChI is InChI=1S/C20H32N4O2/c1-14(2)10-18(12-21)22-19(25)16-7-5-9-24(13-16)20(26)23-17-8-4-6-15(3)11-17/h4,6,8,11,14,16,18H,5,7,9-10,12-13,21H2,1-3H3,(H,22,25)(H,23,26). The summed E-state index contributed by atoms with van der Waals surface area (Å²) >= 11 is 0. The van der Waals surface area contributed by atoms with Gasteiger partial charge in [0.05, 0.1) is 5.92 Å². The van der Waals surface area contributed by atoms with Crippen LogP contribution in [0.25, 0.3) is 0 Å². The number of nitrogens with zero attached hydrogens (tertiary/aromatic N) is 1. The predicted molar refractivity (Wildman–Crippen MR) is 105 cm³/mol. The van der Waals surface area contributed by atoms with Crippen molar-refractivity contribution in [1.82, 2.24) is 10.2 Å². The molecule has 2 atom stereocenters. The average molecular weight is 361 g/mol. The Morgan fingerprint density at radius 3 is 2.77 bits per heavy atom. The van der Waals surface area contributed by atoms with Crippen LogP contribution in [0, 0.1) is 18.8 Å². The van der Waals surface area contributed by atoms with Gasteiger partial charge in [0.25, 0.3) is 0 Å². The van der Waals surface area contributed by atoms with Crippen LogP contribution in [0.3, 0.4) is 0 Å². The maximum atomic E-state index is 12.6. The fourth-order valence-corrected chi connectivity index (χ4v) is 3.40. The Morgan fingerprint density at radius 2 is 2.12 bits per heavy atom. The van der Waals surface area contributed by atoms with Gasteiger partial charge < -0.3 is 21.3 Å². The number of aryl methyl sites for hydroxylation is 1. The van der Waals surface area contributed by atoms with Crippen molar-refractivity contribution in [2.45, 2.75) is 46.1 Å². The normalized spacial score (nSPS) is 18.5. The van der Waals surface area contributed by atoms with Crippen LogP contribution in [0.1, 0.15) is 38.7 Å². The fraction of sp³-hybridized carbons (Fsp3) is 0.600. The molecule has 0 aliphatic carbocycles. The molecule has 6 nitrogen and oxygen atoms in total. The van der Waals surface area contributed by atoms with Crippen molar-refractivity contribution in [3.8, 4) is 0 Å². The second-order valence-corrected chi connectivity index (χ2v) is 7.66. The molecule has 0 radical (unpaired) electrons. The van der Waals surface area contributed by atoms with Crippen molar-refractivity contribution < 1.29 is 9.59 Å². The number of nitrogens with two attached hydrogens (primary N) is 1. The van der Waals surface area contributed by atoms with Gasteiger partial charge in [0.1, 0.15) is 0 Å². The molecule has 2 rings (SSSR count). The van der Waals surface area contributed by atoms with Gasteiger partial charge in [0, 0.05) is 31.4 Å². The summed E-state index contributed by atoms with van der Waals surface area (Å²) in [6, 6.07) is 7.56. The molecule has 6 heteroatoms. The summed E-state index contributed by atoms with van der Waals surface area (Å²) in [5.41, 5.74) is 7.66. The lowest BCUT2D eigenvalue weighted by molar-refractivity contribution is -0.127. The number of hydrogen-bond donors (Lipinski definition) is 3. The molecule has 1 fully saturated rings. The number of carbonyl (C=O) groups is 2. The highest BCUT2D eigenvalue weighted by Gasteiger charge is 2.29. The number of urea groups is 1. The first-order chi connectivity index (χ1) is 12.4. The van der Waals surface area contributed by atoms with E-state index in [-0.39, 0.29) is 23.9 Å². The van der Waals surface area contributed by atoms with Crippen LogP contribution in [-0.2, 0) is 4.79 Å². The number of likely N-dealkylation sites (tertiary alicyclic amines) is 1. The Balaban J connectivity index is 1.91. The number of carbonyl (C=O) groups excluding carboxylic acids is 2. The largest absolute Gasteiger partial charge is 0.352 e. The number of anilines is 1. The van der Waals surface area contributed by atoms with Crippen molar-refractivity contribution in [2.75, 3.05) is 25.0 Å². The lowest BCUT2D eigenvalue weighted by atomic mass is 9.96. The third-order valence-electron chi connectivity index (χ3n) is 4.74. The smallest absolute Gasteiger partial charge is 0.321 e. The molecule has 4 N–H and O–H groups in total. The zero-order chi connectivity index (χ0) is 19.1. The Labute approximate surface area is 156 Å². The Bertz CT molecular complexity index is 618. The summed E-state index contributed by atoms with van der Waals surface area (Å²) in [5.74, 6) is 0.314. The van der Waals surface area contributed by atoms with Crippen LogP contribution < -0.4 is 16.4 Å². The SMILES string of the molecule is Cc1cccc(NC(=O)N2CCCC(C(=O)NC(CN)CC(C)C)C2)c1. The molecule has 1 aromatic carbocycles. The van der Waals surface area contributed by atoms with Crippen LogP contribution in [0.5, 0.6) is 0 Å². The van der Waals surface area contributed by atoms with E-state index < -0.39 is 0 Å². The molecule has 1 aliphatic rings. The molecule has 144 valence electrons. The first-order valence-corrected chi connectivity index (χ1v) is 9.52. The third-order valence-corrected chi connectivity index (χ3v) is 4.74. The minimum atomic E-state index is -0.173. The zero-order valence-corrected chi connectivity index (χ0v) is 16.1. The van der Waals surface area contributed by atoms with Gasteiger partial charge in [0.2, 0.25) is 5.91 Å². The molecule has 2 unspecified atom stereocenters. The van der Waals surface area contributed by atoms with Gasteiger partial charge in [-0.2, -0.15) is 0 Å². The number of hydrogen-bond acceptors (Lipinski definition) is 3. The average Bonchev–Trinajstić information content (AvgIpc) is 2.60. The molecular formula is C20H32N4O2. The quantitative estimate of drug-likeness (QED) is 0.729. The van der Waals surface area contributed by atoms with E-state index in [0.717, 1.165) is 30.5 Å². The number of piperidine rings is 1. The highest BCUT2D eigenvalue weighted by Crippen LogP contribution is 2.19. The second kappa shape index (κ2) is 9.57. The predicted octanol–water partition coefficient (Wildman–Crippen LogP) is 2.73. The van der Waals surface area contributed by atoms with Crippen LogP contribution in [0.4, 0.5) is 10.5 Å². The van der Waals surface area contributed by atoms with E-state index in [1.54, 1.807) is 4.90 Å². The van der Waals surface area contributed by atoms with Gasteiger partial charge in [-0.3, -0.25) is 4.79 Å². The Morgan fingerprint density at radius 1 is 1.35 bits per heavy atom. The highest BCUT2D eigenvalue weighted by molar-refractivity contribution is 5.90. The molecule has 0 spiro atoms. The van der Waals surface area contributed by atoms with Crippen molar-refractivity contribution in [3.63, 3.8) is 0 Å². The molecule has 1 saturated heterocycles. The fourth-order valence-electron chi connectivity index (χ4n) is 3.40. The van der Waals surface area contributed by atoms with E-state index in [9.17, 15) is 9.59 Å². The first kappa shape index (κ1) is 20.2. The topological polar surface area (TPSA) is 87.5 Å². The molecular weight excluding hydrogens is 328 g/mol. The minimum Gasteiger partial charge on any atom is -0.352 e. The maximum absolute atomic E-state index is 12.6. The van der Waals surface area contributed by atoms with Crippen LogP contribution in [0.2, 0.25) is 0 Å². The van der Waals surface area contributed by atoms with Gasteiger partial charge in [-0.05, 0) is 49.8 Å². The van der Waals surface area contributed by atoms with Crippen LogP contribution >= 0.6 is 0 Å². The van der Waals surface area contributed by atoms with Gasteiger partial charge in [-0.15, -0.1) is 0 Å². The number of benzene rings is 1. The van der Waals surface area contributed by atoms with E-state index >= 15 is 0 Å². The Kier molecular flexibility index (Phi) is 7.45. The summed E-state index contributed by atoms with van der Waals surface area (Å²) in [4.78, 5) is 26.9. The van der Waals surface area contributed by atoms with Crippen molar-refractivity contribution in [2.24, 2.45) is 17.6 Å². The number of rotatable bonds is 6. The monoisotopic (exact) mass is 360 g/mol. The summed E-state index contributed by atoms with van der Waals surface area (Å²) in [7, 11) is 0. The van der Waals surface area contributed by atoms with Gasteiger partial charge >= 0.3 is 6.03 Å². The number of nitrogens with one attached hydrogen (secondary N) is 2. The summed E-state index contributed by atoms with van der Waals surface area (Å²) < 4.78 is 0. The second-order valence-electron chi connectivity index (χ2n) is 7.66. The zero-order valence-electron chi connectivity index (χ0n) is 16.1. The van der Waals surface area contributed by atoms with E-state index in [2.05, 4.69) is 24.5 Å². The summed E-state index contributed by atoms with van der Waals surface area (Å²) in [6.45, 7) is 7.78. The lowest BCUT2D eigenvalue weighted by Gasteiger charge is -2.33. The number of amides is 3. The highest BCUT2D eigenvalue weighted by atomic mass is 16.2. The first-order valence-electron chi connectivity index (χ1n) is 9.52. The van der Waals surface area contributed by atoms with Gasteiger partial charge in [0.15, 0.2) is 0 Å². The van der Waals surface area contributed by atoms with Crippen molar-refractivity contribution in [3.05, 3.63) is 29.8 Å². The molecule has 0 saturated carbocycles. The molecule has 1 aromatic rings. The molecule has 1 aliphatic heterocycles. The minimum absolute atomic E-state index is 0.000929. The molecule has 1 heterocycles. The van der Waals surface area contributed by atoms with Crippen molar-refractivity contribution >= 4 is 17.6 Å². The van der Waals surface area contributed by atoms with E-state index in [1.807, 2.05) is 31.2 Å². The summed E-state index contributed by atoms with van der Waals surface area (Å²) in [5, 5.41) is 5.99. The Hall–Kier alpha value is -2.08. The molecule has 26 heavy (non-hydrogen) atoms. The molecule has 0 aromatic heterocycles.